The lowest BCUT2D eigenvalue weighted by atomic mass is 10.0. The van der Waals surface area contributed by atoms with Crippen molar-refractivity contribution in [3.8, 4) is 0 Å². The van der Waals surface area contributed by atoms with E-state index in [1.165, 1.54) is 28.8 Å². The highest BCUT2D eigenvalue weighted by molar-refractivity contribution is 5.90. The van der Waals surface area contributed by atoms with Crippen LogP contribution in [-0.4, -0.2) is 65.4 Å². The van der Waals surface area contributed by atoms with Crippen LogP contribution in [0.5, 0.6) is 0 Å². The molecule has 4 rings (SSSR count). The molecule has 2 saturated heterocycles. The number of hydrogen-bond donors (Lipinski definition) is 1. The molecule has 0 spiro atoms. The molecule has 1 aromatic carbocycles. The smallest absolute Gasteiger partial charge is 0.414 e. The highest BCUT2D eigenvalue weighted by Gasteiger charge is 2.34. The summed E-state index contributed by atoms with van der Waals surface area (Å²) < 4.78 is 36.2. The third kappa shape index (κ3) is 4.05. The number of rotatable bonds is 5. The van der Waals surface area contributed by atoms with Gasteiger partial charge in [0.25, 0.3) is 0 Å². The zero-order valence-electron chi connectivity index (χ0n) is 16.4. The van der Waals surface area contributed by atoms with Gasteiger partial charge in [-0.25, -0.2) is 18.3 Å². The van der Waals surface area contributed by atoms with Crippen molar-refractivity contribution in [2.24, 2.45) is 0 Å². The van der Waals surface area contributed by atoms with E-state index >= 15 is 0 Å². The number of benzene rings is 1. The van der Waals surface area contributed by atoms with Crippen molar-refractivity contribution in [3.63, 3.8) is 0 Å². The number of nitrogens with zero attached hydrogens (tertiary/aromatic N) is 5. The Kier molecular flexibility index (Phi) is 5.51. The zero-order valence-corrected chi connectivity index (χ0v) is 16.4. The van der Waals surface area contributed by atoms with Crippen molar-refractivity contribution in [1.29, 1.82) is 0 Å². The van der Waals surface area contributed by atoms with Crippen LogP contribution in [0, 0.1) is 5.82 Å². The molecule has 2 aromatic rings. The summed E-state index contributed by atoms with van der Waals surface area (Å²) in [4.78, 5) is 26.1. The average molecular weight is 420 g/mol. The molecule has 3 atom stereocenters. The summed E-state index contributed by atoms with van der Waals surface area (Å²) >= 11 is 0. The summed E-state index contributed by atoms with van der Waals surface area (Å²) in [6.45, 7) is 2.26. The van der Waals surface area contributed by atoms with Gasteiger partial charge in [0.1, 0.15) is 18.1 Å². The van der Waals surface area contributed by atoms with Gasteiger partial charge < -0.3 is 15.0 Å². The highest BCUT2D eigenvalue weighted by Crippen LogP contribution is 2.32. The van der Waals surface area contributed by atoms with Crippen molar-refractivity contribution in [2.45, 2.75) is 31.7 Å². The number of carbonyl (C=O) groups excluding carboxylic acids is 2. The van der Waals surface area contributed by atoms with Gasteiger partial charge >= 0.3 is 6.09 Å². The monoisotopic (exact) mass is 420 g/mol. The molecule has 3 heterocycles. The first-order valence-electron chi connectivity index (χ1n) is 9.69. The molecule has 2 aliphatic heterocycles. The summed E-state index contributed by atoms with van der Waals surface area (Å²) in [6.07, 6.45) is 1.26. The number of halogens is 2. The quantitative estimate of drug-likeness (QED) is 0.791. The van der Waals surface area contributed by atoms with Gasteiger partial charge in [0.05, 0.1) is 43.2 Å². The van der Waals surface area contributed by atoms with E-state index in [4.69, 9.17) is 4.74 Å². The van der Waals surface area contributed by atoms with Gasteiger partial charge in [-0.15, -0.1) is 5.10 Å². The van der Waals surface area contributed by atoms with E-state index in [9.17, 15) is 18.4 Å². The lowest BCUT2D eigenvalue weighted by Crippen LogP contribution is -2.43. The standard InChI is InChI=1S/C19H22F2N6O3/c1-12(28)22-9-14-10-26(19(29)30-14)13-2-3-17(15(20)8-13)25-6-4-18(16(21)11-25)27-7-5-23-24-27/h2-3,5,7-8,14,16,18H,4,6,9-11H2,1H3,(H,22,28)/t14-,16?,18?/m0/s1. The Labute approximate surface area is 171 Å². The number of alkyl halides is 1. The number of amides is 2. The van der Waals surface area contributed by atoms with Crippen molar-refractivity contribution < 1.29 is 23.1 Å². The maximum Gasteiger partial charge on any atom is 0.414 e. The molecule has 0 bridgehead atoms. The number of piperidine rings is 1. The van der Waals surface area contributed by atoms with Crippen LogP contribution in [0.1, 0.15) is 19.4 Å². The second-order valence-corrected chi connectivity index (χ2v) is 7.39. The van der Waals surface area contributed by atoms with Crippen LogP contribution >= 0.6 is 0 Å². The van der Waals surface area contributed by atoms with Gasteiger partial charge in [0.15, 0.2) is 0 Å². The van der Waals surface area contributed by atoms with Gasteiger partial charge in [0.2, 0.25) is 5.91 Å². The minimum absolute atomic E-state index is 0.0331. The van der Waals surface area contributed by atoms with Crippen molar-refractivity contribution in [3.05, 3.63) is 36.4 Å². The largest absolute Gasteiger partial charge is 0.442 e. The molecule has 2 amide bonds. The van der Waals surface area contributed by atoms with Crippen molar-refractivity contribution in [1.82, 2.24) is 20.3 Å². The fourth-order valence-electron chi connectivity index (χ4n) is 3.82. The molecule has 11 heteroatoms. The molecule has 1 aromatic heterocycles. The molecule has 2 fully saturated rings. The lowest BCUT2D eigenvalue weighted by molar-refractivity contribution is -0.119. The first kappa shape index (κ1) is 20.0. The Morgan fingerprint density at radius 2 is 2.20 bits per heavy atom. The number of hydrogen-bond acceptors (Lipinski definition) is 6. The third-order valence-corrected chi connectivity index (χ3v) is 5.32. The minimum atomic E-state index is -1.22. The summed E-state index contributed by atoms with van der Waals surface area (Å²) in [7, 11) is 0. The maximum absolute atomic E-state index is 14.8. The maximum atomic E-state index is 14.8. The Morgan fingerprint density at radius 1 is 1.37 bits per heavy atom. The molecule has 2 aliphatic rings. The van der Waals surface area contributed by atoms with E-state index in [2.05, 4.69) is 15.6 Å². The predicted octanol–water partition coefficient (Wildman–Crippen LogP) is 1.67. The summed E-state index contributed by atoms with van der Waals surface area (Å²) in [5.41, 5.74) is 0.627. The number of anilines is 2. The summed E-state index contributed by atoms with van der Waals surface area (Å²) in [6, 6.07) is 3.97. The number of aromatic nitrogens is 3. The summed E-state index contributed by atoms with van der Waals surface area (Å²) in [5, 5.41) is 10.2. The van der Waals surface area contributed by atoms with Crippen LogP contribution in [0.3, 0.4) is 0 Å². The normalized spacial score (nSPS) is 24.1. The van der Waals surface area contributed by atoms with Gasteiger partial charge in [-0.1, -0.05) is 5.21 Å². The minimum Gasteiger partial charge on any atom is -0.442 e. The lowest BCUT2D eigenvalue weighted by Gasteiger charge is -2.36. The topological polar surface area (TPSA) is 92.6 Å². The molecule has 0 aliphatic carbocycles. The third-order valence-electron chi connectivity index (χ3n) is 5.32. The molecular formula is C19H22F2N6O3. The van der Waals surface area contributed by atoms with Crippen LogP contribution in [0.25, 0.3) is 0 Å². The molecule has 0 radical (unpaired) electrons. The molecular weight excluding hydrogens is 398 g/mol. The molecule has 1 N–H and O–H groups in total. The number of ether oxygens (including phenoxy) is 1. The Bertz CT molecular complexity index is 925. The molecule has 2 unspecified atom stereocenters. The van der Waals surface area contributed by atoms with E-state index in [0.717, 1.165) is 0 Å². The van der Waals surface area contributed by atoms with Crippen molar-refractivity contribution >= 4 is 23.4 Å². The molecule has 160 valence electrons. The van der Waals surface area contributed by atoms with E-state index in [0.29, 0.717) is 18.7 Å². The van der Waals surface area contributed by atoms with Gasteiger partial charge in [0, 0.05) is 19.7 Å². The average Bonchev–Trinajstić information content (AvgIpc) is 3.36. The molecule has 30 heavy (non-hydrogen) atoms. The Balaban J connectivity index is 1.42. The van der Waals surface area contributed by atoms with Crippen LogP contribution in [0.4, 0.5) is 25.0 Å². The molecule has 0 saturated carbocycles. The predicted molar refractivity (Wildman–Crippen MR) is 103 cm³/mol. The Morgan fingerprint density at radius 3 is 2.87 bits per heavy atom. The van der Waals surface area contributed by atoms with Crippen LogP contribution in [-0.2, 0) is 9.53 Å². The fourth-order valence-corrected chi connectivity index (χ4v) is 3.82. The Hall–Kier alpha value is -3.24. The molecule has 9 nitrogen and oxygen atoms in total. The van der Waals surface area contributed by atoms with E-state index < -0.39 is 30.2 Å². The van der Waals surface area contributed by atoms with Gasteiger partial charge in [-0.05, 0) is 24.6 Å². The number of nitrogens with one attached hydrogen (secondary N) is 1. The van der Waals surface area contributed by atoms with Crippen molar-refractivity contribution in [2.75, 3.05) is 36.0 Å². The van der Waals surface area contributed by atoms with Gasteiger partial charge in [-0.3, -0.25) is 9.69 Å². The van der Waals surface area contributed by atoms with Crippen LogP contribution < -0.4 is 15.1 Å². The zero-order chi connectivity index (χ0) is 21.3. The fraction of sp³-hybridized carbons (Fsp3) is 0.474. The number of carbonyl (C=O) groups is 2. The van der Waals surface area contributed by atoms with Gasteiger partial charge in [-0.2, -0.15) is 0 Å². The first-order chi connectivity index (χ1) is 14.4. The van der Waals surface area contributed by atoms with E-state index in [1.807, 2.05) is 0 Å². The first-order valence-corrected chi connectivity index (χ1v) is 9.69. The second kappa shape index (κ2) is 8.25. The van der Waals surface area contributed by atoms with Crippen LogP contribution in [0.2, 0.25) is 0 Å². The van der Waals surface area contributed by atoms with E-state index in [-0.39, 0.29) is 31.2 Å². The summed E-state index contributed by atoms with van der Waals surface area (Å²) in [5.74, 6) is -0.768. The SMILES string of the molecule is CC(=O)NC[C@H]1CN(c2ccc(N3CCC(n4ccnn4)C(F)C3)c(F)c2)C(=O)O1. The van der Waals surface area contributed by atoms with Crippen LogP contribution in [0.15, 0.2) is 30.6 Å². The van der Waals surface area contributed by atoms with E-state index in [1.54, 1.807) is 23.2 Å². The second-order valence-electron chi connectivity index (χ2n) is 7.39. The number of cyclic esters (lactones) is 1. The highest BCUT2D eigenvalue weighted by atomic mass is 19.1.